The molecule has 0 saturated carbocycles. The molecule has 150 valence electrons. The summed E-state index contributed by atoms with van der Waals surface area (Å²) in [6, 6.07) is 0. The predicted octanol–water partition coefficient (Wildman–Crippen LogP) is 3.04. The lowest BCUT2D eigenvalue weighted by Gasteiger charge is -2.42. The zero-order chi connectivity index (χ0) is 20.2. The van der Waals surface area contributed by atoms with Crippen molar-refractivity contribution in [2.75, 3.05) is 0 Å². The van der Waals surface area contributed by atoms with Crippen LogP contribution in [0.2, 0.25) is 0 Å². The van der Waals surface area contributed by atoms with Crippen molar-refractivity contribution in [3.8, 4) is 0 Å². The van der Waals surface area contributed by atoms with Crippen LogP contribution in [0.3, 0.4) is 0 Å². The number of aliphatic hydroxyl groups is 2. The standard InChI is InChI=1S/C21H30O6/c1-13(6-4-8-14(2)20(25)26)7-5-11-21(3)18(23)12-15-17(27-21)10-9-16(22)19(15)24/h7-8,16,18,22-23H,4-6,9-12H2,1-3H3,(H,25,26)/b13-7+,14-8+/t16-,18+,21+/m1/s1. The van der Waals surface area contributed by atoms with Crippen LogP contribution in [-0.2, 0) is 14.3 Å². The maximum absolute atomic E-state index is 12.1. The van der Waals surface area contributed by atoms with E-state index in [2.05, 4.69) is 6.08 Å². The Balaban J connectivity index is 1.91. The van der Waals surface area contributed by atoms with Gasteiger partial charge in [-0.2, -0.15) is 0 Å². The smallest absolute Gasteiger partial charge is 0.330 e. The Morgan fingerprint density at radius 3 is 2.63 bits per heavy atom. The average molecular weight is 378 g/mol. The zero-order valence-electron chi connectivity index (χ0n) is 16.3. The predicted molar refractivity (Wildman–Crippen MR) is 101 cm³/mol. The third-order valence-electron chi connectivity index (χ3n) is 5.50. The van der Waals surface area contributed by atoms with E-state index in [9.17, 15) is 19.8 Å². The van der Waals surface area contributed by atoms with E-state index in [0.29, 0.717) is 42.6 Å². The van der Waals surface area contributed by atoms with Crippen LogP contribution in [0.25, 0.3) is 0 Å². The highest BCUT2D eigenvalue weighted by molar-refractivity contribution is 6.00. The summed E-state index contributed by atoms with van der Waals surface area (Å²) < 4.78 is 6.02. The molecule has 27 heavy (non-hydrogen) atoms. The van der Waals surface area contributed by atoms with Gasteiger partial charge in [0.2, 0.25) is 0 Å². The number of carboxylic acid groups (broad SMARTS) is 1. The number of carboxylic acids is 1. The Morgan fingerprint density at radius 1 is 1.26 bits per heavy atom. The first-order chi connectivity index (χ1) is 12.6. The summed E-state index contributed by atoms with van der Waals surface area (Å²) in [5.41, 5.74) is 1.20. The van der Waals surface area contributed by atoms with Crippen molar-refractivity contribution in [2.24, 2.45) is 0 Å². The van der Waals surface area contributed by atoms with E-state index in [-0.39, 0.29) is 12.2 Å². The van der Waals surface area contributed by atoms with Gasteiger partial charge in [-0.3, -0.25) is 4.79 Å². The molecule has 1 aliphatic carbocycles. The molecule has 0 aromatic heterocycles. The van der Waals surface area contributed by atoms with Crippen molar-refractivity contribution in [1.29, 1.82) is 0 Å². The zero-order valence-corrected chi connectivity index (χ0v) is 16.3. The molecule has 0 bridgehead atoms. The molecule has 1 aliphatic heterocycles. The van der Waals surface area contributed by atoms with Crippen molar-refractivity contribution in [2.45, 2.75) is 83.5 Å². The second-order valence-corrected chi connectivity index (χ2v) is 7.78. The molecule has 6 heteroatoms. The van der Waals surface area contributed by atoms with Gasteiger partial charge < -0.3 is 20.1 Å². The SMILES string of the molecule is C/C(=C\CC[C@]1(C)OC2=C(C[C@@H]1O)C(=O)[C@H](O)CC2)CC/C=C(\C)C(=O)O. The van der Waals surface area contributed by atoms with Gasteiger partial charge in [0, 0.05) is 24.0 Å². The summed E-state index contributed by atoms with van der Waals surface area (Å²) in [5.74, 6) is -0.596. The van der Waals surface area contributed by atoms with Crippen LogP contribution in [0.5, 0.6) is 0 Å². The summed E-state index contributed by atoms with van der Waals surface area (Å²) in [7, 11) is 0. The van der Waals surface area contributed by atoms with Gasteiger partial charge in [0.25, 0.3) is 0 Å². The monoisotopic (exact) mass is 378 g/mol. The van der Waals surface area contributed by atoms with Crippen molar-refractivity contribution in [1.82, 2.24) is 0 Å². The number of aliphatic hydroxyl groups excluding tert-OH is 2. The molecule has 0 aromatic carbocycles. The second kappa shape index (κ2) is 8.85. The Bertz CT molecular complexity index is 687. The average Bonchev–Trinajstić information content (AvgIpc) is 2.60. The maximum atomic E-state index is 12.1. The van der Waals surface area contributed by atoms with Crippen molar-refractivity contribution in [3.05, 3.63) is 34.6 Å². The third-order valence-corrected chi connectivity index (χ3v) is 5.50. The quantitative estimate of drug-likeness (QED) is 0.465. The summed E-state index contributed by atoms with van der Waals surface area (Å²) in [6.45, 7) is 5.45. The lowest BCUT2D eigenvalue weighted by atomic mass is 9.81. The number of aliphatic carboxylic acids is 1. The Morgan fingerprint density at radius 2 is 1.96 bits per heavy atom. The molecule has 3 N–H and O–H groups in total. The van der Waals surface area contributed by atoms with Gasteiger partial charge in [0.15, 0.2) is 5.78 Å². The number of ketones is 1. The molecule has 0 unspecified atom stereocenters. The number of rotatable bonds is 7. The minimum Gasteiger partial charge on any atom is -0.489 e. The summed E-state index contributed by atoms with van der Waals surface area (Å²) in [6.07, 6.45) is 5.95. The molecular formula is C21H30O6. The van der Waals surface area contributed by atoms with E-state index in [0.717, 1.165) is 18.4 Å². The Hall–Kier alpha value is -1.92. The highest BCUT2D eigenvalue weighted by atomic mass is 16.5. The van der Waals surface area contributed by atoms with Crippen molar-refractivity contribution < 1.29 is 29.6 Å². The molecule has 2 aliphatic rings. The van der Waals surface area contributed by atoms with Crippen LogP contribution < -0.4 is 0 Å². The number of Topliss-reactive ketones (excluding diaryl/α,β-unsaturated/α-hetero) is 1. The first-order valence-corrected chi connectivity index (χ1v) is 9.51. The van der Waals surface area contributed by atoms with Crippen LogP contribution >= 0.6 is 0 Å². The first kappa shape index (κ1) is 21.4. The largest absolute Gasteiger partial charge is 0.489 e. The van der Waals surface area contributed by atoms with Crippen LogP contribution in [-0.4, -0.2) is 44.9 Å². The van der Waals surface area contributed by atoms with Gasteiger partial charge in [0.1, 0.15) is 17.5 Å². The molecule has 2 rings (SSSR count). The number of carbonyl (C=O) groups is 2. The topological polar surface area (TPSA) is 104 Å². The van der Waals surface area contributed by atoms with Crippen molar-refractivity contribution in [3.63, 3.8) is 0 Å². The van der Waals surface area contributed by atoms with Crippen LogP contribution in [0.1, 0.15) is 65.7 Å². The highest BCUT2D eigenvalue weighted by Crippen LogP contribution is 2.40. The number of ether oxygens (including phenoxy) is 1. The van der Waals surface area contributed by atoms with Crippen LogP contribution in [0.4, 0.5) is 0 Å². The van der Waals surface area contributed by atoms with Gasteiger partial charge in [-0.25, -0.2) is 4.79 Å². The van der Waals surface area contributed by atoms with Crippen LogP contribution in [0, 0.1) is 0 Å². The summed E-state index contributed by atoms with van der Waals surface area (Å²) in [4.78, 5) is 22.8. The molecule has 0 spiro atoms. The highest BCUT2D eigenvalue weighted by Gasteiger charge is 2.44. The Kier molecular flexibility index (Phi) is 7.00. The fourth-order valence-electron chi connectivity index (χ4n) is 3.50. The molecule has 0 amide bonds. The van der Waals surface area contributed by atoms with E-state index in [1.807, 2.05) is 13.8 Å². The van der Waals surface area contributed by atoms with Gasteiger partial charge in [-0.15, -0.1) is 0 Å². The Labute approximate surface area is 160 Å². The van der Waals surface area contributed by atoms with Gasteiger partial charge >= 0.3 is 5.97 Å². The second-order valence-electron chi connectivity index (χ2n) is 7.78. The summed E-state index contributed by atoms with van der Waals surface area (Å²) >= 11 is 0. The maximum Gasteiger partial charge on any atom is 0.330 e. The van der Waals surface area contributed by atoms with E-state index >= 15 is 0 Å². The number of hydrogen-bond donors (Lipinski definition) is 3. The minimum atomic E-state index is -0.978. The fraction of sp³-hybridized carbons (Fsp3) is 0.619. The number of allylic oxidation sites excluding steroid dienone is 4. The number of carbonyl (C=O) groups excluding carboxylic acids is 1. The molecule has 0 saturated heterocycles. The normalized spacial score (nSPS) is 29.4. The van der Waals surface area contributed by atoms with Gasteiger partial charge in [0.05, 0.1) is 6.10 Å². The van der Waals surface area contributed by atoms with E-state index < -0.39 is 23.8 Å². The molecule has 0 radical (unpaired) electrons. The fourth-order valence-corrected chi connectivity index (χ4v) is 3.50. The molecule has 6 nitrogen and oxygen atoms in total. The van der Waals surface area contributed by atoms with E-state index in [4.69, 9.17) is 9.84 Å². The lowest BCUT2D eigenvalue weighted by molar-refractivity contribution is -0.134. The van der Waals surface area contributed by atoms with E-state index in [1.54, 1.807) is 13.0 Å². The van der Waals surface area contributed by atoms with E-state index in [1.165, 1.54) is 0 Å². The lowest BCUT2D eigenvalue weighted by Crippen LogP contribution is -2.48. The van der Waals surface area contributed by atoms with Gasteiger partial charge in [-0.05, 0) is 52.9 Å². The minimum absolute atomic E-state index is 0.226. The molecule has 3 atom stereocenters. The third kappa shape index (κ3) is 5.30. The first-order valence-electron chi connectivity index (χ1n) is 9.51. The molecule has 0 aromatic rings. The van der Waals surface area contributed by atoms with Crippen molar-refractivity contribution >= 4 is 11.8 Å². The molecular weight excluding hydrogens is 348 g/mol. The molecule has 0 fully saturated rings. The van der Waals surface area contributed by atoms with Gasteiger partial charge in [-0.1, -0.05) is 17.7 Å². The van der Waals surface area contributed by atoms with Crippen LogP contribution in [0.15, 0.2) is 34.6 Å². The number of hydrogen-bond acceptors (Lipinski definition) is 5. The molecule has 1 heterocycles. The summed E-state index contributed by atoms with van der Waals surface area (Å²) in [5, 5.41) is 29.1.